The fraction of sp³-hybridized carbons (Fsp3) is 1.00. The molecule has 0 N–H and O–H groups in total. The van der Waals surface area contributed by atoms with Crippen LogP contribution in [0, 0.1) is 0 Å². The Kier molecular flexibility index (Phi) is 18.8. The molecule has 0 spiro atoms. The molecule has 0 rings (SSSR count). The van der Waals surface area contributed by atoms with Gasteiger partial charge in [-0.1, -0.05) is 90.4 Å². The Labute approximate surface area is 124 Å². The molecule has 0 aromatic heterocycles. The van der Waals surface area contributed by atoms with E-state index in [1.165, 1.54) is 89.9 Å². The van der Waals surface area contributed by atoms with Crippen LogP contribution in [0.25, 0.3) is 0 Å². The van der Waals surface area contributed by atoms with Gasteiger partial charge in [0, 0.05) is 8.81 Å². The van der Waals surface area contributed by atoms with Crippen molar-refractivity contribution in [3.8, 4) is 0 Å². The average molecular weight is 288 g/mol. The van der Waals surface area contributed by atoms with Crippen LogP contribution in [0.3, 0.4) is 0 Å². The molecule has 1 atom stereocenters. The largest absolute Gasteiger partial charge is 0.363 e. The molecule has 0 aromatic carbocycles. The van der Waals surface area contributed by atoms with Gasteiger partial charge in [0.25, 0.3) is 0 Å². The van der Waals surface area contributed by atoms with Gasteiger partial charge in [0.1, 0.15) is 0 Å². The minimum absolute atomic E-state index is 0.669. The summed E-state index contributed by atoms with van der Waals surface area (Å²) in [4.78, 5) is 0. The average Bonchev–Trinajstić information content (AvgIpc) is 2.43. The van der Waals surface area contributed by atoms with Crippen molar-refractivity contribution in [3.05, 3.63) is 0 Å². The van der Waals surface area contributed by atoms with E-state index in [0.29, 0.717) is 8.81 Å². The van der Waals surface area contributed by atoms with E-state index < -0.39 is 0 Å². The van der Waals surface area contributed by atoms with Crippen molar-refractivity contribution in [3.63, 3.8) is 0 Å². The smallest absolute Gasteiger partial charge is 0.0505 e. The summed E-state index contributed by atoms with van der Waals surface area (Å²) in [7, 11) is 0.669. The van der Waals surface area contributed by atoms with Crippen molar-refractivity contribution in [1.82, 2.24) is 0 Å². The molecule has 0 aliphatic rings. The molecular formula is C17H37OP. The van der Waals surface area contributed by atoms with E-state index >= 15 is 0 Å². The van der Waals surface area contributed by atoms with Crippen molar-refractivity contribution in [2.75, 3.05) is 13.3 Å². The van der Waals surface area contributed by atoms with Gasteiger partial charge < -0.3 is 4.52 Å². The molecule has 0 radical (unpaired) electrons. The summed E-state index contributed by atoms with van der Waals surface area (Å²) in [6.07, 6.45) is 20.0. The molecule has 0 saturated carbocycles. The molecular weight excluding hydrogens is 251 g/mol. The van der Waals surface area contributed by atoms with Gasteiger partial charge in [-0.15, -0.1) is 0 Å². The highest BCUT2D eigenvalue weighted by molar-refractivity contribution is 7.31. The molecule has 1 nitrogen and oxygen atoms in total. The number of hydrogen-bond acceptors (Lipinski definition) is 1. The normalized spacial score (nSPS) is 11.7. The molecule has 116 valence electrons. The third kappa shape index (κ3) is 18.4. The highest BCUT2D eigenvalue weighted by Crippen LogP contribution is 2.13. The fourth-order valence-corrected chi connectivity index (χ4v) is 2.82. The molecule has 19 heavy (non-hydrogen) atoms. The second-order valence-electron chi connectivity index (χ2n) is 5.65. The zero-order valence-electron chi connectivity index (χ0n) is 13.5. The highest BCUT2D eigenvalue weighted by atomic mass is 31.1. The van der Waals surface area contributed by atoms with E-state index in [2.05, 4.69) is 13.6 Å². The van der Waals surface area contributed by atoms with Crippen molar-refractivity contribution < 1.29 is 4.52 Å². The van der Waals surface area contributed by atoms with E-state index in [1.807, 2.05) is 0 Å². The first-order valence-electron chi connectivity index (χ1n) is 8.70. The molecule has 1 unspecified atom stereocenters. The lowest BCUT2D eigenvalue weighted by atomic mass is 10.0. The molecule has 0 aliphatic carbocycles. The van der Waals surface area contributed by atoms with Gasteiger partial charge in [-0.25, -0.2) is 0 Å². The van der Waals surface area contributed by atoms with Crippen LogP contribution >= 0.6 is 8.81 Å². The molecule has 0 saturated heterocycles. The van der Waals surface area contributed by atoms with Crippen LogP contribution in [0.5, 0.6) is 0 Å². The quantitative estimate of drug-likeness (QED) is 0.226. The Morgan fingerprint density at radius 2 is 0.947 bits per heavy atom. The van der Waals surface area contributed by atoms with Crippen molar-refractivity contribution in [1.29, 1.82) is 0 Å². The summed E-state index contributed by atoms with van der Waals surface area (Å²) in [6.45, 7) is 5.37. The lowest BCUT2D eigenvalue weighted by Crippen LogP contribution is -1.86. The first kappa shape index (κ1) is 19.4. The van der Waals surface area contributed by atoms with Gasteiger partial charge >= 0.3 is 0 Å². The molecule has 0 aromatic rings. The molecule has 0 bridgehead atoms. The first-order valence-corrected chi connectivity index (χ1v) is 10.1. The van der Waals surface area contributed by atoms with E-state index in [1.54, 1.807) is 0 Å². The maximum absolute atomic E-state index is 5.37. The Balaban J connectivity index is 2.88. The second kappa shape index (κ2) is 18.4. The summed E-state index contributed by atoms with van der Waals surface area (Å²) in [5.41, 5.74) is 0. The predicted octanol–water partition coefficient (Wildman–Crippen LogP) is 6.71. The van der Waals surface area contributed by atoms with Crippen molar-refractivity contribution >= 4 is 8.81 Å². The van der Waals surface area contributed by atoms with Crippen molar-refractivity contribution in [2.45, 2.75) is 96.8 Å². The van der Waals surface area contributed by atoms with Crippen LogP contribution in [0.15, 0.2) is 0 Å². The van der Waals surface area contributed by atoms with E-state index in [9.17, 15) is 0 Å². The Morgan fingerprint density at radius 3 is 1.32 bits per heavy atom. The third-order valence-electron chi connectivity index (χ3n) is 3.74. The summed E-state index contributed by atoms with van der Waals surface area (Å²) < 4.78 is 5.37. The van der Waals surface area contributed by atoms with Crippen LogP contribution in [0.1, 0.15) is 96.8 Å². The monoisotopic (exact) mass is 288 g/mol. The minimum Gasteiger partial charge on any atom is -0.363 e. The van der Waals surface area contributed by atoms with Crippen LogP contribution in [0.2, 0.25) is 0 Å². The van der Waals surface area contributed by atoms with Gasteiger partial charge in [-0.05, 0) is 13.1 Å². The lowest BCUT2D eigenvalue weighted by Gasteiger charge is -2.03. The van der Waals surface area contributed by atoms with Gasteiger partial charge in [-0.2, -0.15) is 0 Å². The number of unbranched alkanes of at least 4 members (excludes halogenated alkanes) is 13. The number of rotatable bonds is 16. The standard InChI is InChI=1S/C17H37OP/c1-3-4-5-6-7-8-9-10-11-12-13-14-15-16-17-18-19-2/h19H,3-17H2,1-2H3. The molecule has 0 aliphatic heterocycles. The predicted molar refractivity (Wildman–Crippen MR) is 90.5 cm³/mol. The van der Waals surface area contributed by atoms with Crippen LogP contribution in [0.4, 0.5) is 0 Å². The number of hydrogen-bond donors (Lipinski definition) is 0. The molecule has 0 fully saturated rings. The summed E-state index contributed by atoms with van der Waals surface area (Å²) >= 11 is 0. The van der Waals surface area contributed by atoms with Gasteiger partial charge in [0.2, 0.25) is 0 Å². The molecule has 0 heterocycles. The van der Waals surface area contributed by atoms with E-state index in [0.717, 1.165) is 6.61 Å². The molecule has 0 amide bonds. The zero-order valence-corrected chi connectivity index (χ0v) is 14.5. The maximum atomic E-state index is 5.37. The second-order valence-corrected chi connectivity index (χ2v) is 6.35. The van der Waals surface area contributed by atoms with Crippen LogP contribution < -0.4 is 0 Å². The van der Waals surface area contributed by atoms with E-state index in [-0.39, 0.29) is 0 Å². The molecule has 2 heteroatoms. The van der Waals surface area contributed by atoms with Crippen molar-refractivity contribution in [2.24, 2.45) is 0 Å². The van der Waals surface area contributed by atoms with Crippen LogP contribution in [-0.4, -0.2) is 13.3 Å². The lowest BCUT2D eigenvalue weighted by molar-refractivity contribution is 0.346. The van der Waals surface area contributed by atoms with Gasteiger partial charge in [0.05, 0.1) is 6.61 Å². The van der Waals surface area contributed by atoms with E-state index in [4.69, 9.17) is 4.52 Å². The minimum atomic E-state index is 0.669. The summed E-state index contributed by atoms with van der Waals surface area (Å²) in [5.74, 6) is 0. The topological polar surface area (TPSA) is 9.23 Å². The zero-order chi connectivity index (χ0) is 14.0. The summed E-state index contributed by atoms with van der Waals surface area (Å²) in [6, 6.07) is 0. The fourth-order valence-electron chi connectivity index (χ4n) is 2.47. The van der Waals surface area contributed by atoms with Gasteiger partial charge in [-0.3, -0.25) is 0 Å². The first-order chi connectivity index (χ1) is 9.41. The van der Waals surface area contributed by atoms with Crippen LogP contribution in [-0.2, 0) is 4.52 Å². The maximum Gasteiger partial charge on any atom is 0.0505 e. The highest BCUT2D eigenvalue weighted by Gasteiger charge is 1.94. The SMILES string of the molecule is CCCCCCCCCCCCCCCCOPC. The summed E-state index contributed by atoms with van der Waals surface area (Å²) in [5, 5.41) is 0. The van der Waals surface area contributed by atoms with Gasteiger partial charge in [0.15, 0.2) is 0 Å². The third-order valence-corrected chi connectivity index (χ3v) is 4.24. The Morgan fingerprint density at radius 1 is 0.579 bits per heavy atom. The Hall–Kier alpha value is 0.390. The Bertz CT molecular complexity index is 134.